The highest BCUT2D eigenvalue weighted by atomic mass is 19.1. The standard InChI is InChI=1S/C29H24F2N4/c1-29(2,31)27(24-11-21(16-34)12-26(30)13-24)25-17-35(18-25)28(22-8-6-19(14-32)7-9-22)23-5-3-4-20(10-23)15-33/h3-13,25,27-28H,17-18H2,1-2H3/t27-,28+/m1/s1. The molecule has 0 radical (unpaired) electrons. The molecule has 4 nitrogen and oxygen atoms in total. The van der Waals surface area contributed by atoms with Crippen LogP contribution in [-0.4, -0.2) is 23.7 Å². The zero-order valence-electron chi connectivity index (χ0n) is 19.5. The first-order valence-electron chi connectivity index (χ1n) is 11.4. The summed E-state index contributed by atoms with van der Waals surface area (Å²) >= 11 is 0. The Labute approximate surface area is 204 Å². The first-order valence-corrected chi connectivity index (χ1v) is 11.4. The van der Waals surface area contributed by atoms with Crippen LogP contribution in [0.5, 0.6) is 0 Å². The van der Waals surface area contributed by atoms with Crippen LogP contribution in [0.4, 0.5) is 8.78 Å². The zero-order chi connectivity index (χ0) is 25.2. The van der Waals surface area contributed by atoms with E-state index in [0.29, 0.717) is 29.8 Å². The molecule has 0 aliphatic carbocycles. The van der Waals surface area contributed by atoms with E-state index in [-0.39, 0.29) is 17.5 Å². The van der Waals surface area contributed by atoms with Crippen LogP contribution in [0.15, 0.2) is 66.7 Å². The van der Waals surface area contributed by atoms with Gasteiger partial charge in [0.15, 0.2) is 0 Å². The van der Waals surface area contributed by atoms with Crippen molar-refractivity contribution in [2.75, 3.05) is 13.1 Å². The predicted molar refractivity (Wildman–Crippen MR) is 128 cm³/mol. The van der Waals surface area contributed by atoms with Crippen LogP contribution in [0, 0.1) is 45.7 Å². The third kappa shape index (κ3) is 5.07. The second kappa shape index (κ2) is 9.67. The van der Waals surface area contributed by atoms with Crippen LogP contribution >= 0.6 is 0 Å². The molecule has 0 saturated carbocycles. The molecule has 1 aliphatic rings. The average Bonchev–Trinajstić information content (AvgIpc) is 2.81. The van der Waals surface area contributed by atoms with Gasteiger partial charge in [0, 0.05) is 19.0 Å². The topological polar surface area (TPSA) is 74.6 Å². The molecule has 3 aromatic carbocycles. The number of alkyl halides is 1. The van der Waals surface area contributed by atoms with Crippen LogP contribution in [0.1, 0.15) is 59.2 Å². The Bertz CT molecular complexity index is 1350. The van der Waals surface area contributed by atoms with Gasteiger partial charge in [-0.1, -0.05) is 24.3 Å². The van der Waals surface area contributed by atoms with Crippen molar-refractivity contribution >= 4 is 0 Å². The Morgan fingerprint density at radius 2 is 1.43 bits per heavy atom. The fraction of sp³-hybridized carbons (Fsp3) is 0.276. The molecule has 0 bridgehead atoms. The summed E-state index contributed by atoms with van der Waals surface area (Å²) in [7, 11) is 0. The first kappa shape index (κ1) is 24.1. The quantitative estimate of drug-likeness (QED) is 0.447. The summed E-state index contributed by atoms with van der Waals surface area (Å²) in [5.41, 5.74) is 2.03. The van der Waals surface area contributed by atoms with E-state index in [1.165, 1.54) is 19.9 Å². The summed E-state index contributed by atoms with van der Waals surface area (Å²) < 4.78 is 29.6. The van der Waals surface area contributed by atoms with Gasteiger partial charge < -0.3 is 0 Å². The van der Waals surface area contributed by atoms with Gasteiger partial charge >= 0.3 is 0 Å². The van der Waals surface area contributed by atoms with Crippen molar-refractivity contribution < 1.29 is 8.78 Å². The Morgan fingerprint density at radius 3 is 2.03 bits per heavy atom. The van der Waals surface area contributed by atoms with E-state index >= 15 is 4.39 Å². The minimum absolute atomic E-state index is 0.0941. The van der Waals surface area contributed by atoms with E-state index in [0.717, 1.165) is 17.2 Å². The van der Waals surface area contributed by atoms with Crippen LogP contribution in [0.25, 0.3) is 0 Å². The number of hydrogen-bond acceptors (Lipinski definition) is 4. The van der Waals surface area contributed by atoms with Gasteiger partial charge in [-0.2, -0.15) is 15.8 Å². The minimum Gasteiger partial charge on any atom is -0.292 e. The molecule has 1 saturated heterocycles. The summed E-state index contributed by atoms with van der Waals surface area (Å²) in [5, 5.41) is 27.8. The molecule has 0 amide bonds. The Kier molecular flexibility index (Phi) is 6.65. The molecule has 1 aliphatic heterocycles. The molecular weight excluding hydrogens is 442 g/mol. The number of rotatable bonds is 6. The van der Waals surface area contributed by atoms with Gasteiger partial charge in [0.2, 0.25) is 0 Å². The number of likely N-dealkylation sites (tertiary alicyclic amines) is 1. The van der Waals surface area contributed by atoms with Crippen LogP contribution < -0.4 is 0 Å². The van der Waals surface area contributed by atoms with Gasteiger partial charge in [-0.15, -0.1) is 0 Å². The molecule has 0 unspecified atom stereocenters. The van der Waals surface area contributed by atoms with Crippen LogP contribution in [0.3, 0.4) is 0 Å². The molecular formula is C29H24F2N4. The summed E-state index contributed by atoms with van der Waals surface area (Å²) in [6.07, 6.45) is 0. The highest BCUT2D eigenvalue weighted by Crippen LogP contribution is 2.45. The Balaban J connectivity index is 1.67. The lowest BCUT2D eigenvalue weighted by atomic mass is 9.72. The maximum absolute atomic E-state index is 15.4. The van der Waals surface area contributed by atoms with E-state index in [2.05, 4.69) is 17.0 Å². The van der Waals surface area contributed by atoms with Crippen molar-refractivity contribution in [2.45, 2.75) is 31.5 Å². The highest BCUT2D eigenvalue weighted by Gasteiger charge is 2.45. The molecule has 0 N–H and O–H groups in total. The number of nitrogens with zero attached hydrogens (tertiary/aromatic N) is 4. The number of benzene rings is 3. The van der Waals surface area contributed by atoms with Crippen molar-refractivity contribution in [3.05, 3.63) is 106 Å². The number of hydrogen-bond donors (Lipinski definition) is 0. The van der Waals surface area contributed by atoms with Crippen molar-refractivity contribution in [2.24, 2.45) is 5.92 Å². The fourth-order valence-corrected chi connectivity index (χ4v) is 5.19. The SMILES string of the molecule is CC(C)(F)[C@H](c1cc(F)cc(C#N)c1)C1CN([C@@H](c2ccc(C#N)cc2)c2cccc(C#N)c2)C1. The maximum Gasteiger partial charge on any atom is 0.124 e. The van der Waals surface area contributed by atoms with Gasteiger partial charge in [0.1, 0.15) is 11.5 Å². The van der Waals surface area contributed by atoms with Gasteiger partial charge in [0.05, 0.1) is 40.9 Å². The molecule has 0 spiro atoms. The van der Waals surface area contributed by atoms with Gasteiger partial charge in [0.25, 0.3) is 0 Å². The van der Waals surface area contributed by atoms with Crippen molar-refractivity contribution in [1.82, 2.24) is 4.90 Å². The van der Waals surface area contributed by atoms with E-state index in [4.69, 9.17) is 0 Å². The molecule has 4 rings (SSSR count). The monoisotopic (exact) mass is 466 g/mol. The maximum atomic E-state index is 15.4. The molecule has 6 heteroatoms. The Morgan fingerprint density at radius 1 is 0.800 bits per heavy atom. The molecule has 2 atom stereocenters. The molecule has 1 fully saturated rings. The lowest BCUT2D eigenvalue weighted by molar-refractivity contribution is 0.00812. The van der Waals surface area contributed by atoms with Gasteiger partial charge in [-0.25, -0.2) is 8.78 Å². The van der Waals surface area contributed by atoms with E-state index in [9.17, 15) is 20.2 Å². The van der Waals surface area contributed by atoms with E-state index in [1.807, 2.05) is 36.4 Å². The highest BCUT2D eigenvalue weighted by molar-refractivity contribution is 5.42. The minimum atomic E-state index is -1.62. The lowest BCUT2D eigenvalue weighted by Gasteiger charge is -2.50. The summed E-state index contributed by atoms with van der Waals surface area (Å²) in [6, 6.07) is 24.8. The molecule has 3 aromatic rings. The average molecular weight is 467 g/mol. The second-order valence-electron chi connectivity index (χ2n) is 9.51. The predicted octanol–water partition coefficient (Wildman–Crippen LogP) is 5.99. The Hall–Kier alpha value is -4.05. The molecule has 1 heterocycles. The second-order valence-corrected chi connectivity index (χ2v) is 9.51. The van der Waals surface area contributed by atoms with Crippen molar-refractivity contribution in [3.8, 4) is 18.2 Å². The number of halogens is 2. The normalized spacial score (nSPS) is 15.8. The zero-order valence-corrected chi connectivity index (χ0v) is 19.5. The first-order chi connectivity index (χ1) is 16.7. The molecule has 174 valence electrons. The fourth-order valence-electron chi connectivity index (χ4n) is 5.19. The molecule has 0 aromatic heterocycles. The van der Waals surface area contributed by atoms with Gasteiger partial charge in [-0.05, 0) is 78.9 Å². The number of nitriles is 3. The third-order valence-electron chi connectivity index (χ3n) is 6.61. The smallest absolute Gasteiger partial charge is 0.124 e. The van der Waals surface area contributed by atoms with Crippen molar-refractivity contribution in [3.63, 3.8) is 0 Å². The third-order valence-corrected chi connectivity index (χ3v) is 6.61. The van der Waals surface area contributed by atoms with E-state index in [1.54, 1.807) is 24.3 Å². The van der Waals surface area contributed by atoms with Crippen LogP contribution in [-0.2, 0) is 0 Å². The van der Waals surface area contributed by atoms with Gasteiger partial charge in [-0.3, -0.25) is 4.90 Å². The van der Waals surface area contributed by atoms with E-state index < -0.39 is 17.4 Å². The molecule has 35 heavy (non-hydrogen) atoms. The largest absolute Gasteiger partial charge is 0.292 e. The lowest BCUT2D eigenvalue weighted by Crippen LogP contribution is -2.53. The summed E-state index contributed by atoms with van der Waals surface area (Å²) in [6.45, 7) is 4.09. The van der Waals surface area contributed by atoms with Crippen molar-refractivity contribution in [1.29, 1.82) is 15.8 Å². The summed E-state index contributed by atoms with van der Waals surface area (Å²) in [5.74, 6) is -1.23. The van der Waals surface area contributed by atoms with Crippen LogP contribution in [0.2, 0.25) is 0 Å². The summed E-state index contributed by atoms with van der Waals surface area (Å²) in [4.78, 5) is 2.20.